The Hall–Kier alpha value is -2.75. The van der Waals surface area contributed by atoms with E-state index in [4.69, 9.17) is 14.2 Å². The van der Waals surface area contributed by atoms with E-state index in [1.807, 2.05) is 45.0 Å². The fourth-order valence-electron chi connectivity index (χ4n) is 3.33. The second-order valence-electron chi connectivity index (χ2n) is 6.55. The molecular weight excluding hydrogens is 328 g/mol. The van der Waals surface area contributed by atoms with Crippen molar-refractivity contribution >= 4 is 11.9 Å². The molecule has 0 saturated heterocycles. The van der Waals surface area contributed by atoms with Gasteiger partial charge < -0.3 is 14.2 Å². The molecule has 2 aromatic carbocycles. The van der Waals surface area contributed by atoms with Gasteiger partial charge in [0.15, 0.2) is 17.3 Å². The fourth-order valence-corrected chi connectivity index (χ4v) is 3.33. The number of methoxy groups -OCH3 is 2. The van der Waals surface area contributed by atoms with E-state index in [2.05, 4.69) is 6.07 Å². The van der Waals surface area contributed by atoms with Crippen molar-refractivity contribution < 1.29 is 19.0 Å². The van der Waals surface area contributed by atoms with E-state index in [1.165, 1.54) is 0 Å². The van der Waals surface area contributed by atoms with Gasteiger partial charge in [0.25, 0.3) is 0 Å². The zero-order valence-corrected chi connectivity index (χ0v) is 15.9. The molecule has 0 radical (unpaired) electrons. The van der Waals surface area contributed by atoms with Crippen molar-refractivity contribution in [1.82, 2.24) is 0 Å². The zero-order valence-electron chi connectivity index (χ0n) is 15.9. The minimum Gasteiger partial charge on any atom is -0.493 e. The minimum absolute atomic E-state index is 0.0351. The second kappa shape index (κ2) is 7.24. The lowest BCUT2D eigenvalue weighted by atomic mass is 9.92. The van der Waals surface area contributed by atoms with E-state index in [9.17, 15) is 4.79 Å². The van der Waals surface area contributed by atoms with E-state index >= 15 is 0 Å². The Labute approximate surface area is 154 Å². The Morgan fingerprint density at radius 3 is 2.42 bits per heavy atom. The van der Waals surface area contributed by atoms with Crippen molar-refractivity contribution in [3.8, 4) is 17.2 Å². The van der Waals surface area contributed by atoms with Gasteiger partial charge >= 0.3 is 0 Å². The van der Waals surface area contributed by atoms with Crippen LogP contribution < -0.4 is 14.2 Å². The number of carbonyl (C=O) groups excluding carboxylic acids is 1. The van der Waals surface area contributed by atoms with Crippen molar-refractivity contribution in [2.75, 3.05) is 20.8 Å². The van der Waals surface area contributed by atoms with Gasteiger partial charge in [-0.3, -0.25) is 4.79 Å². The number of benzene rings is 2. The summed E-state index contributed by atoms with van der Waals surface area (Å²) < 4.78 is 16.6. The number of aryl methyl sites for hydroxylation is 2. The van der Waals surface area contributed by atoms with Crippen LogP contribution in [0.1, 0.15) is 39.0 Å². The molecule has 1 aliphatic heterocycles. The quantitative estimate of drug-likeness (QED) is 0.753. The monoisotopic (exact) mass is 352 g/mol. The van der Waals surface area contributed by atoms with Crippen molar-refractivity contribution in [2.45, 2.75) is 27.2 Å². The SMILES string of the molecule is COc1ccc(/C=C2\CCOc3c(C)c(C)cc(C)c3C2=O)cc1OC. The van der Waals surface area contributed by atoms with Crippen molar-refractivity contribution in [3.63, 3.8) is 0 Å². The molecule has 136 valence electrons. The number of fused-ring (bicyclic) bond motifs is 1. The number of ether oxygens (including phenoxy) is 3. The Kier molecular flexibility index (Phi) is 5.03. The van der Waals surface area contributed by atoms with E-state index in [1.54, 1.807) is 14.2 Å². The Balaban J connectivity index is 2.06. The molecule has 0 atom stereocenters. The molecule has 0 bridgehead atoms. The average molecular weight is 352 g/mol. The topological polar surface area (TPSA) is 44.8 Å². The predicted octanol–water partition coefficient (Wildman–Crippen LogP) is 4.68. The highest BCUT2D eigenvalue weighted by molar-refractivity contribution is 6.14. The smallest absolute Gasteiger partial charge is 0.193 e. The van der Waals surface area contributed by atoms with Crippen LogP contribution in [0.2, 0.25) is 0 Å². The molecular formula is C22H24O4. The average Bonchev–Trinajstić information content (AvgIpc) is 2.79. The maximum absolute atomic E-state index is 13.2. The highest BCUT2D eigenvalue weighted by Crippen LogP contribution is 2.35. The third kappa shape index (κ3) is 3.19. The highest BCUT2D eigenvalue weighted by Gasteiger charge is 2.25. The van der Waals surface area contributed by atoms with E-state index < -0.39 is 0 Å². The summed E-state index contributed by atoms with van der Waals surface area (Å²) in [5, 5.41) is 0. The van der Waals surface area contributed by atoms with Crippen LogP contribution in [-0.2, 0) is 0 Å². The predicted molar refractivity (Wildman–Crippen MR) is 103 cm³/mol. The second-order valence-corrected chi connectivity index (χ2v) is 6.55. The molecule has 1 aliphatic rings. The number of Topliss-reactive ketones (excluding diaryl/α,β-unsaturated/α-hetero) is 1. The van der Waals surface area contributed by atoms with Crippen LogP contribution >= 0.6 is 0 Å². The van der Waals surface area contributed by atoms with E-state index in [0.717, 1.165) is 33.6 Å². The summed E-state index contributed by atoms with van der Waals surface area (Å²) >= 11 is 0. The van der Waals surface area contributed by atoms with Crippen LogP contribution in [0.4, 0.5) is 0 Å². The summed E-state index contributed by atoms with van der Waals surface area (Å²) in [6, 6.07) is 7.69. The molecule has 0 spiro atoms. The standard InChI is InChI=1S/C22H24O4/c1-13-10-14(2)20-21(23)17(8-9-26-22(20)15(13)3)11-16-6-7-18(24-4)19(12-16)25-5/h6-7,10-12H,8-9H2,1-5H3/b17-11+. The van der Waals surface area contributed by atoms with Gasteiger partial charge in [-0.15, -0.1) is 0 Å². The summed E-state index contributed by atoms with van der Waals surface area (Å²) in [7, 11) is 3.20. The van der Waals surface area contributed by atoms with Gasteiger partial charge in [-0.1, -0.05) is 12.1 Å². The lowest BCUT2D eigenvalue weighted by Gasteiger charge is -2.14. The first-order valence-electron chi connectivity index (χ1n) is 8.67. The molecule has 4 nitrogen and oxygen atoms in total. The summed E-state index contributed by atoms with van der Waals surface area (Å²) in [4.78, 5) is 13.2. The van der Waals surface area contributed by atoms with Crippen LogP contribution in [0.25, 0.3) is 6.08 Å². The Morgan fingerprint density at radius 1 is 1.00 bits per heavy atom. The number of ketones is 1. The molecule has 0 N–H and O–H groups in total. The van der Waals surface area contributed by atoms with Crippen LogP contribution in [0.5, 0.6) is 17.2 Å². The summed E-state index contributed by atoms with van der Waals surface area (Å²) in [5.74, 6) is 2.07. The molecule has 0 unspecified atom stereocenters. The molecule has 0 fully saturated rings. The summed E-state index contributed by atoms with van der Waals surface area (Å²) in [6.45, 7) is 6.50. The Bertz CT molecular complexity index is 894. The summed E-state index contributed by atoms with van der Waals surface area (Å²) in [6.07, 6.45) is 2.48. The number of rotatable bonds is 3. The molecule has 3 rings (SSSR count). The zero-order chi connectivity index (χ0) is 18.8. The molecule has 0 aliphatic carbocycles. The molecule has 26 heavy (non-hydrogen) atoms. The van der Waals surface area contributed by atoms with Crippen molar-refractivity contribution in [1.29, 1.82) is 0 Å². The normalized spacial score (nSPS) is 15.3. The van der Waals surface area contributed by atoms with Crippen LogP contribution in [0, 0.1) is 20.8 Å². The molecule has 4 heteroatoms. The fraction of sp³-hybridized carbons (Fsp3) is 0.318. The van der Waals surface area contributed by atoms with Gasteiger partial charge in [0.1, 0.15) is 5.75 Å². The van der Waals surface area contributed by atoms with Crippen molar-refractivity contribution in [3.05, 3.63) is 57.7 Å². The molecule has 1 heterocycles. The third-order valence-electron chi connectivity index (χ3n) is 4.87. The van der Waals surface area contributed by atoms with Crippen LogP contribution in [-0.4, -0.2) is 26.6 Å². The van der Waals surface area contributed by atoms with Gasteiger partial charge in [-0.05, 0) is 61.2 Å². The summed E-state index contributed by atoms with van der Waals surface area (Å²) in [5.41, 5.74) is 5.44. The first kappa shape index (κ1) is 18.1. The van der Waals surface area contributed by atoms with Crippen molar-refractivity contribution in [2.24, 2.45) is 0 Å². The van der Waals surface area contributed by atoms with Gasteiger partial charge in [0, 0.05) is 12.0 Å². The van der Waals surface area contributed by atoms with Gasteiger partial charge in [0.05, 0.1) is 26.4 Å². The third-order valence-corrected chi connectivity index (χ3v) is 4.87. The minimum atomic E-state index is 0.0351. The lowest BCUT2D eigenvalue weighted by Crippen LogP contribution is -2.06. The molecule has 0 saturated carbocycles. The number of carbonyl (C=O) groups is 1. The number of hydrogen-bond acceptors (Lipinski definition) is 4. The van der Waals surface area contributed by atoms with Gasteiger partial charge in [-0.2, -0.15) is 0 Å². The first-order chi connectivity index (χ1) is 12.5. The maximum Gasteiger partial charge on any atom is 0.193 e. The van der Waals surface area contributed by atoms with Gasteiger partial charge in [-0.25, -0.2) is 0 Å². The maximum atomic E-state index is 13.2. The molecule has 0 aromatic heterocycles. The van der Waals surface area contributed by atoms with Crippen LogP contribution in [0.15, 0.2) is 29.8 Å². The van der Waals surface area contributed by atoms with E-state index in [0.29, 0.717) is 30.1 Å². The Morgan fingerprint density at radius 2 is 1.73 bits per heavy atom. The molecule has 2 aromatic rings. The van der Waals surface area contributed by atoms with Gasteiger partial charge in [0.2, 0.25) is 0 Å². The highest BCUT2D eigenvalue weighted by atomic mass is 16.5. The first-order valence-corrected chi connectivity index (χ1v) is 8.67. The largest absolute Gasteiger partial charge is 0.493 e. The van der Waals surface area contributed by atoms with E-state index in [-0.39, 0.29) is 5.78 Å². The van der Waals surface area contributed by atoms with Crippen LogP contribution in [0.3, 0.4) is 0 Å². The molecule has 0 amide bonds. The number of hydrogen-bond donors (Lipinski definition) is 0. The lowest BCUT2D eigenvalue weighted by molar-refractivity contribution is 0.103.